The summed E-state index contributed by atoms with van der Waals surface area (Å²) in [5.41, 5.74) is 0. The molecule has 62 valence electrons. The van der Waals surface area contributed by atoms with Gasteiger partial charge in [-0.25, -0.2) is 0 Å². The number of carbonyl (C=O) groups excluding carboxylic acids is 1. The van der Waals surface area contributed by atoms with Crippen LogP contribution < -0.4 is 5.32 Å². The molecule has 0 saturated carbocycles. The van der Waals surface area contributed by atoms with Crippen molar-refractivity contribution in [1.82, 2.24) is 5.32 Å². The van der Waals surface area contributed by atoms with Gasteiger partial charge < -0.3 is 15.5 Å². The molecule has 1 fully saturated rings. The molecular weight excluding hydrogens is 150 g/mol. The van der Waals surface area contributed by atoms with Crippen molar-refractivity contribution < 1.29 is 19.8 Å². The highest BCUT2D eigenvalue weighted by Crippen LogP contribution is 2.12. The number of rotatable bonds is 1. The van der Waals surface area contributed by atoms with Crippen molar-refractivity contribution in [3.05, 3.63) is 0 Å². The Hall–Kier alpha value is -1.10. The summed E-state index contributed by atoms with van der Waals surface area (Å²) in [5, 5.41) is 19.9. The smallest absolute Gasteiger partial charge is 0.309 e. The molecule has 0 bridgehead atoms. The zero-order valence-electron chi connectivity index (χ0n) is 5.78. The minimum absolute atomic E-state index is 0.294. The summed E-state index contributed by atoms with van der Waals surface area (Å²) in [6, 6.07) is 0. The Morgan fingerprint density at radius 2 is 2.27 bits per heavy atom. The van der Waals surface area contributed by atoms with Crippen molar-refractivity contribution in [2.24, 2.45) is 5.92 Å². The summed E-state index contributed by atoms with van der Waals surface area (Å²) in [7, 11) is 0. The summed E-state index contributed by atoms with van der Waals surface area (Å²) in [6.45, 7) is 0.326. The van der Waals surface area contributed by atoms with E-state index in [-0.39, 0.29) is 0 Å². The molecule has 0 aliphatic carbocycles. The van der Waals surface area contributed by atoms with Crippen LogP contribution in [0.5, 0.6) is 0 Å². The van der Waals surface area contributed by atoms with E-state index in [0.29, 0.717) is 13.0 Å². The highest BCUT2D eigenvalue weighted by molar-refractivity contribution is 5.87. The van der Waals surface area contributed by atoms with Gasteiger partial charge in [0.25, 0.3) is 0 Å². The summed E-state index contributed by atoms with van der Waals surface area (Å²) < 4.78 is 0. The van der Waals surface area contributed by atoms with Gasteiger partial charge in [-0.3, -0.25) is 9.59 Å². The van der Waals surface area contributed by atoms with Gasteiger partial charge in [0, 0.05) is 6.54 Å². The highest BCUT2D eigenvalue weighted by Gasteiger charge is 2.34. The van der Waals surface area contributed by atoms with Crippen LogP contribution >= 0.6 is 0 Å². The molecule has 5 heteroatoms. The lowest BCUT2D eigenvalue weighted by molar-refractivity contribution is -0.153. The Labute approximate surface area is 63.0 Å². The predicted molar refractivity (Wildman–Crippen MR) is 34.8 cm³/mol. The van der Waals surface area contributed by atoms with Gasteiger partial charge in [0.15, 0.2) is 0 Å². The topological polar surface area (TPSA) is 86.6 Å². The Balaban J connectivity index is 2.65. The molecule has 1 aliphatic rings. The van der Waals surface area contributed by atoms with E-state index in [1.165, 1.54) is 0 Å². The number of aliphatic hydroxyl groups excluding tert-OH is 1. The minimum Gasteiger partial charge on any atom is -0.481 e. The third-order valence-electron chi connectivity index (χ3n) is 1.72. The van der Waals surface area contributed by atoms with Crippen LogP contribution in [0.15, 0.2) is 0 Å². The summed E-state index contributed by atoms with van der Waals surface area (Å²) in [5.74, 6) is -2.65. The maximum Gasteiger partial charge on any atom is 0.309 e. The van der Waals surface area contributed by atoms with Crippen molar-refractivity contribution in [3.8, 4) is 0 Å². The van der Waals surface area contributed by atoms with Crippen molar-refractivity contribution in [2.45, 2.75) is 12.5 Å². The maximum atomic E-state index is 10.7. The van der Waals surface area contributed by atoms with E-state index < -0.39 is 23.9 Å². The molecule has 2 atom stereocenters. The van der Waals surface area contributed by atoms with Gasteiger partial charge in [-0.2, -0.15) is 0 Å². The van der Waals surface area contributed by atoms with E-state index in [0.717, 1.165) is 0 Å². The zero-order valence-corrected chi connectivity index (χ0v) is 5.78. The fourth-order valence-electron chi connectivity index (χ4n) is 1.05. The van der Waals surface area contributed by atoms with Crippen LogP contribution in [-0.4, -0.2) is 34.7 Å². The quantitative estimate of drug-likeness (QED) is 0.437. The molecule has 0 spiro atoms. The lowest BCUT2D eigenvalue weighted by atomic mass is 9.95. The van der Waals surface area contributed by atoms with Crippen LogP contribution in [0.2, 0.25) is 0 Å². The molecule has 1 amide bonds. The number of piperidine rings is 1. The minimum atomic E-state index is -1.39. The number of carbonyl (C=O) groups is 2. The molecule has 0 aromatic heterocycles. The van der Waals surface area contributed by atoms with Crippen LogP contribution in [0.3, 0.4) is 0 Å². The van der Waals surface area contributed by atoms with Gasteiger partial charge in [0.2, 0.25) is 5.91 Å². The number of carboxylic acid groups (broad SMARTS) is 1. The molecule has 11 heavy (non-hydrogen) atoms. The average molecular weight is 159 g/mol. The number of hydrogen-bond donors (Lipinski definition) is 3. The van der Waals surface area contributed by atoms with E-state index in [2.05, 4.69) is 5.32 Å². The molecule has 0 aromatic rings. The maximum absolute atomic E-state index is 10.7. The van der Waals surface area contributed by atoms with Crippen LogP contribution in [0.1, 0.15) is 6.42 Å². The van der Waals surface area contributed by atoms with E-state index in [1.54, 1.807) is 0 Å². The second-order valence-electron chi connectivity index (χ2n) is 2.47. The fraction of sp³-hybridized carbons (Fsp3) is 0.667. The number of aliphatic carboxylic acids is 1. The number of aliphatic hydroxyl groups is 1. The van der Waals surface area contributed by atoms with Crippen molar-refractivity contribution in [3.63, 3.8) is 0 Å². The Bertz CT molecular complexity index is 191. The third-order valence-corrected chi connectivity index (χ3v) is 1.72. The van der Waals surface area contributed by atoms with Crippen molar-refractivity contribution in [2.75, 3.05) is 6.54 Å². The summed E-state index contributed by atoms with van der Waals surface area (Å²) in [4.78, 5) is 21.1. The lowest BCUT2D eigenvalue weighted by Crippen LogP contribution is -2.48. The Kier molecular flexibility index (Phi) is 2.09. The zero-order chi connectivity index (χ0) is 8.43. The van der Waals surface area contributed by atoms with Crippen molar-refractivity contribution >= 4 is 11.9 Å². The van der Waals surface area contributed by atoms with Gasteiger partial charge in [-0.15, -0.1) is 0 Å². The van der Waals surface area contributed by atoms with Gasteiger partial charge in [0.05, 0.1) is 5.92 Å². The highest BCUT2D eigenvalue weighted by atomic mass is 16.4. The molecule has 1 aliphatic heterocycles. The predicted octanol–water partition coefficient (Wildman–Crippen LogP) is -1.43. The van der Waals surface area contributed by atoms with E-state index in [4.69, 9.17) is 10.2 Å². The molecular formula is C6H9NO4. The van der Waals surface area contributed by atoms with Crippen LogP contribution in [-0.2, 0) is 9.59 Å². The first-order chi connectivity index (χ1) is 5.13. The molecule has 1 unspecified atom stereocenters. The molecule has 0 radical (unpaired) electrons. The molecule has 3 N–H and O–H groups in total. The number of hydrogen-bond acceptors (Lipinski definition) is 3. The van der Waals surface area contributed by atoms with E-state index in [1.807, 2.05) is 0 Å². The second-order valence-corrected chi connectivity index (χ2v) is 2.47. The fourth-order valence-corrected chi connectivity index (χ4v) is 1.05. The standard InChI is InChI=1S/C6H9NO4/c8-4-3(6(10)11)1-2-7-5(4)9/h3-4,8H,1-2H2,(H,7,9)(H,10,11)/t3?,4-/m1/s1. The van der Waals surface area contributed by atoms with Crippen LogP contribution in [0.25, 0.3) is 0 Å². The lowest BCUT2D eigenvalue weighted by Gasteiger charge is -2.23. The first kappa shape index (κ1) is 8.00. The Morgan fingerprint density at radius 1 is 1.64 bits per heavy atom. The monoisotopic (exact) mass is 159 g/mol. The molecule has 0 aromatic carbocycles. The van der Waals surface area contributed by atoms with E-state index >= 15 is 0 Å². The molecule has 1 heterocycles. The molecule has 1 rings (SSSR count). The summed E-state index contributed by atoms with van der Waals surface area (Å²) >= 11 is 0. The summed E-state index contributed by atoms with van der Waals surface area (Å²) in [6.07, 6.45) is -1.09. The first-order valence-corrected chi connectivity index (χ1v) is 3.31. The van der Waals surface area contributed by atoms with Gasteiger partial charge in [0.1, 0.15) is 6.10 Å². The SMILES string of the molecule is O=C(O)C1CCNC(=O)[C@@H]1O. The van der Waals surface area contributed by atoms with Gasteiger partial charge in [-0.1, -0.05) is 0 Å². The normalized spacial score (nSPS) is 31.2. The van der Waals surface area contributed by atoms with Gasteiger partial charge in [-0.05, 0) is 6.42 Å². The largest absolute Gasteiger partial charge is 0.481 e. The molecule has 1 saturated heterocycles. The van der Waals surface area contributed by atoms with Crippen LogP contribution in [0, 0.1) is 5.92 Å². The Morgan fingerprint density at radius 3 is 2.73 bits per heavy atom. The van der Waals surface area contributed by atoms with Crippen LogP contribution in [0.4, 0.5) is 0 Å². The van der Waals surface area contributed by atoms with Crippen molar-refractivity contribution in [1.29, 1.82) is 0 Å². The van der Waals surface area contributed by atoms with Gasteiger partial charge >= 0.3 is 5.97 Å². The number of amides is 1. The first-order valence-electron chi connectivity index (χ1n) is 3.31. The third kappa shape index (κ3) is 1.48. The molecule has 5 nitrogen and oxygen atoms in total. The number of carboxylic acids is 1. The average Bonchev–Trinajstić information content (AvgIpc) is 1.94. The number of nitrogens with one attached hydrogen (secondary N) is 1. The van der Waals surface area contributed by atoms with E-state index in [9.17, 15) is 9.59 Å². The second kappa shape index (κ2) is 2.87.